The fourth-order valence-corrected chi connectivity index (χ4v) is 4.21. The Balaban J connectivity index is 1.75. The number of benzene rings is 2. The van der Waals surface area contributed by atoms with Crippen LogP contribution in [-0.2, 0) is 14.3 Å². The maximum absolute atomic E-state index is 13.8. The molecule has 8 heteroatoms. The number of esters is 1. The second kappa shape index (κ2) is 10.0. The van der Waals surface area contributed by atoms with E-state index in [1.54, 1.807) is 57.9 Å². The summed E-state index contributed by atoms with van der Waals surface area (Å²) in [6, 6.07) is 12.1. The molecule has 0 aliphatic carbocycles. The van der Waals surface area contributed by atoms with E-state index < -0.39 is 12.0 Å². The maximum atomic E-state index is 13.8. The van der Waals surface area contributed by atoms with E-state index in [-0.39, 0.29) is 19.3 Å². The van der Waals surface area contributed by atoms with Crippen molar-refractivity contribution in [1.29, 1.82) is 0 Å². The molecule has 0 bridgehead atoms. The lowest BCUT2D eigenvalue weighted by Gasteiger charge is -2.36. The molecule has 0 radical (unpaired) electrons. The minimum Gasteiger partial charge on any atom is -0.497 e. The average molecular weight is 477 g/mol. The summed E-state index contributed by atoms with van der Waals surface area (Å²) in [6.07, 6.45) is 1.78. The van der Waals surface area contributed by atoms with Crippen molar-refractivity contribution in [2.45, 2.75) is 33.7 Å². The van der Waals surface area contributed by atoms with Crippen LogP contribution in [0.4, 0.5) is 0 Å². The highest BCUT2D eigenvalue weighted by Crippen LogP contribution is 2.38. The Hall–Kier alpha value is -4.07. The van der Waals surface area contributed by atoms with Gasteiger partial charge in [0, 0.05) is 5.57 Å². The van der Waals surface area contributed by atoms with Gasteiger partial charge in [-0.15, -0.1) is 0 Å². The van der Waals surface area contributed by atoms with Gasteiger partial charge in [0.15, 0.2) is 11.5 Å². The first kappa shape index (κ1) is 24.1. The van der Waals surface area contributed by atoms with Crippen molar-refractivity contribution in [2.24, 2.45) is 4.99 Å². The van der Waals surface area contributed by atoms with Gasteiger partial charge in [-0.2, -0.15) is 0 Å². The number of hydrogen-bond acceptors (Lipinski definition) is 7. The van der Waals surface area contributed by atoms with E-state index in [4.69, 9.17) is 18.9 Å². The van der Waals surface area contributed by atoms with E-state index in [1.165, 1.54) is 0 Å². The summed E-state index contributed by atoms with van der Waals surface area (Å²) in [5, 5.41) is 0. The zero-order valence-corrected chi connectivity index (χ0v) is 20.5. The molecule has 4 rings (SSSR count). The van der Waals surface area contributed by atoms with Gasteiger partial charge in [-0.05, 0) is 69.2 Å². The second-order valence-electron chi connectivity index (χ2n) is 8.17. The zero-order valence-electron chi connectivity index (χ0n) is 20.5. The molecule has 8 nitrogen and oxygen atoms in total. The SMILES string of the molecule is CCOC(=O)C1=C(C)N=C(C)N(C(=O)/C(C)=C\c2ccc3c(c2)OCO3)C1c1ccc(OC)cc1. The lowest BCUT2D eigenvalue weighted by atomic mass is 9.93. The molecule has 0 N–H and O–H groups in total. The normalized spacial score (nSPS) is 17.3. The zero-order chi connectivity index (χ0) is 25.1. The third-order valence-electron chi connectivity index (χ3n) is 5.86. The van der Waals surface area contributed by atoms with Gasteiger partial charge in [0.2, 0.25) is 6.79 Å². The van der Waals surface area contributed by atoms with Crippen molar-refractivity contribution >= 4 is 23.8 Å². The summed E-state index contributed by atoms with van der Waals surface area (Å²) >= 11 is 0. The molecular weight excluding hydrogens is 448 g/mol. The molecule has 182 valence electrons. The summed E-state index contributed by atoms with van der Waals surface area (Å²) in [6.45, 7) is 7.38. The number of amidine groups is 1. The molecule has 2 aliphatic heterocycles. The average Bonchev–Trinajstić information content (AvgIpc) is 3.31. The quantitative estimate of drug-likeness (QED) is 0.445. The van der Waals surface area contributed by atoms with Crippen molar-refractivity contribution in [3.8, 4) is 17.2 Å². The molecule has 2 heterocycles. The van der Waals surface area contributed by atoms with Gasteiger partial charge in [-0.3, -0.25) is 9.69 Å². The minimum atomic E-state index is -0.704. The number of rotatable bonds is 6. The van der Waals surface area contributed by atoms with Crippen LogP contribution in [0.3, 0.4) is 0 Å². The molecule has 0 spiro atoms. The summed E-state index contributed by atoms with van der Waals surface area (Å²) in [7, 11) is 1.58. The molecule has 35 heavy (non-hydrogen) atoms. The fraction of sp³-hybridized carbons (Fsp3) is 0.296. The molecule has 0 saturated heterocycles. The van der Waals surface area contributed by atoms with E-state index in [0.717, 1.165) is 11.1 Å². The molecule has 2 aromatic carbocycles. The number of hydrogen-bond donors (Lipinski definition) is 0. The number of amides is 1. The Bertz CT molecular complexity index is 1240. The van der Waals surface area contributed by atoms with Crippen LogP contribution in [0.15, 0.2) is 64.3 Å². The first-order chi connectivity index (χ1) is 16.8. The van der Waals surface area contributed by atoms with Crippen LogP contribution >= 0.6 is 0 Å². The van der Waals surface area contributed by atoms with Gasteiger partial charge < -0.3 is 18.9 Å². The number of ether oxygens (including phenoxy) is 4. The standard InChI is InChI=1S/C27H28N2O6/c1-6-33-27(31)24-17(3)28-18(4)29(25(24)20-8-10-21(32-5)11-9-20)26(30)16(2)13-19-7-12-22-23(14-19)35-15-34-22/h7-14,25H,6,15H2,1-5H3/b16-13-. The second-order valence-corrected chi connectivity index (χ2v) is 8.17. The Morgan fingerprint density at radius 2 is 1.83 bits per heavy atom. The smallest absolute Gasteiger partial charge is 0.338 e. The van der Waals surface area contributed by atoms with E-state index >= 15 is 0 Å². The number of aliphatic imine (C=N–C) groups is 1. The van der Waals surface area contributed by atoms with Crippen LogP contribution in [0.1, 0.15) is 44.9 Å². The largest absolute Gasteiger partial charge is 0.497 e. The summed E-state index contributed by atoms with van der Waals surface area (Å²) < 4.78 is 21.4. The Kier molecular flexibility index (Phi) is 6.91. The monoisotopic (exact) mass is 476 g/mol. The predicted octanol–water partition coefficient (Wildman–Crippen LogP) is 4.67. The first-order valence-corrected chi connectivity index (χ1v) is 11.3. The highest BCUT2D eigenvalue weighted by atomic mass is 16.7. The lowest BCUT2D eigenvalue weighted by Crippen LogP contribution is -2.43. The van der Waals surface area contributed by atoms with Gasteiger partial charge in [-0.1, -0.05) is 18.2 Å². The van der Waals surface area contributed by atoms with Crippen molar-refractivity contribution < 1.29 is 28.5 Å². The molecule has 0 saturated carbocycles. The van der Waals surface area contributed by atoms with Gasteiger partial charge in [-0.25, -0.2) is 9.79 Å². The van der Waals surface area contributed by atoms with Crippen molar-refractivity contribution in [3.05, 3.63) is 70.4 Å². The third kappa shape index (κ3) is 4.77. The van der Waals surface area contributed by atoms with Gasteiger partial charge in [0.05, 0.1) is 31.0 Å². The number of carbonyl (C=O) groups is 2. The fourth-order valence-electron chi connectivity index (χ4n) is 4.21. The molecule has 1 unspecified atom stereocenters. The molecule has 2 aliphatic rings. The van der Waals surface area contributed by atoms with Crippen LogP contribution < -0.4 is 14.2 Å². The summed E-state index contributed by atoms with van der Waals surface area (Å²) in [5.74, 6) is 1.68. The van der Waals surface area contributed by atoms with Crippen molar-refractivity contribution in [3.63, 3.8) is 0 Å². The van der Waals surface area contributed by atoms with Crippen LogP contribution in [0.5, 0.6) is 17.2 Å². The van der Waals surface area contributed by atoms with Gasteiger partial charge in [0.1, 0.15) is 11.6 Å². The number of carbonyl (C=O) groups excluding carboxylic acids is 2. The Morgan fingerprint density at radius 3 is 2.51 bits per heavy atom. The van der Waals surface area contributed by atoms with Crippen LogP contribution in [0.25, 0.3) is 6.08 Å². The van der Waals surface area contributed by atoms with Crippen molar-refractivity contribution in [1.82, 2.24) is 4.90 Å². The van der Waals surface area contributed by atoms with E-state index in [1.807, 2.05) is 30.3 Å². The first-order valence-electron chi connectivity index (χ1n) is 11.3. The summed E-state index contributed by atoms with van der Waals surface area (Å²) in [5.41, 5.74) is 2.85. The molecule has 1 atom stereocenters. The lowest BCUT2D eigenvalue weighted by molar-refractivity contribution is -0.139. The van der Waals surface area contributed by atoms with E-state index in [2.05, 4.69) is 4.99 Å². The molecule has 1 amide bonds. The number of methoxy groups -OCH3 is 1. The van der Waals surface area contributed by atoms with Crippen LogP contribution in [0, 0.1) is 0 Å². The molecule has 0 aromatic heterocycles. The van der Waals surface area contributed by atoms with Gasteiger partial charge >= 0.3 is 5.97 Å². The maximum Gasteiger partial charge on any atom is 0.338 e. The highest BCUT2D eigenvalue weighted by molar-refractivity contribution is 6.10. The number of nitrogens with zero attached hydrogens (tertiary/aromatic N) is 2. The molecule has 2 aromatic rings. The van der Waals surface area contributed by atoms with Crippen LogP contribution in [-0.4, -0.2) is 43.1 Å². The predicted molar refractivity (Wildman–Crippen MR) is 131 cm³/mol. The Morgan fingerprint density at radius 1 is 1.11 bits per heavy atom. The molecule has 0 fully saturated rings. The van der Waals surface area contributed by atoms with E-state index in [0.29, 0.717) is 39.9 Å². The third-order valence-corrected chi connectivity index (χ3v) is 5.86. The number of allylic oxidation sites excluding steroid dienone is 1. The number of fused-ring (bicyclic) bond motifs is 1. The van der Waals surface area contributed by atoms with Crippen LogP contribution in [0.2, 0.25) is 0 Å². The molecular formula is C27H28N2O6. The Labute approximate surface area is 204 Å². The minimum absolute atomic E-state index is 0.176. The topological polar surface area (TPSA) is 86.7 Å². The van der Waals surface area contributed by atoms with Gasteiger partial charge in [0.25, 0.3) is 5.91 Å². The summed E-state index contributed by atoms with van der Waals surface area (Å²) in [4.78, 5) is 32.9. The van der Waals surface area contributed by atoms with Crippen molar-refractivity contribution in [2.75, 3.05) is 20.5 Å². The highest BCUT2D eigenvalue weighted by Gasteiger charge is 2.39. The van der Waals surface area contributed by atoms with E-state index in [9.17, 15) is 9.59 Å².